The second-order valence-corrected chi connectivity index (χ2v) is 5.06. The Bertz CT molecular complexity index is 512. The van der Waals surface area contributed by atoms with Crippen molar-refractivity contribution in [2.24, 2.45) is 0 Å². The van der Waals surface area contributed by atoms with Crippen LogP contribution in [0.2, 0.25) is 0 Å². The van der Waals surface area contributed by atoms with E-state index in [0.29, 0.717) is 4.48 Å². The van der Waals surface area contributed by atoms with Gasteiger partial charge in [0.15, 0.2) is 0 Å². The number of nitrogens with zero attached hydrogens (tertiary/aromatic N) is 1. The molecule has 0 aliphatic heterocycles. The predicted octanol–water partition coefficient (Wildman–Crippen LogP) is 2.62. The van der Waals surface area contributed by atoms with Gasteiger partial charge in [-0.15, -0.1) is 0 Å². The van der Waals surface area contributed by atoms with Gasteiger partial charge in [-0.1, -0.05) is 42.5 Å². The fourth-order valence-corrected chi connectivity index (χ4v) is 1.85. The Balaban J connectivity index is 2.53. The molecule has 0 unspecified atom stereocenters. The monoisotopic (exact) mass is 227 g/mol. The maximum atomic E-state index is 11.8. The van der Waals surface area contributed by atoms with E-state index in [9.17, 15) is 5.11 Å². The molecule has 2 aromatic carbocycles. The first-order chi connectivity index (χ1) is 7.98. The lowest BCUT2D eigenvalue weighted by Gasteiger charge is -2.28. The third-order valence-electron chi connectivity index (χ3n) is 2.79. The lowest BCUT2D eigenvalue weighted by atomic mass is 10.0. The zero-order valence-electron chi connectivity index (χ0n) is 10.5. The summed E-state index contributed by atoms with van der Waals surface area (Å²) < 4.78 is 0.541. The quantitative estimate of drug-likeness (QED) is 0.723. The third kappa shape index (κ3) is 2.48. The van der Waals surface area contributed by atoms with Crippen molar-refractivity contribution in [1.82, 2.24) is 4.48 Å². The highest BCUT2D eigenvalue weighted by molar-refractivity contribution is 5.70. The van der Waals surface area contributed by atoms with Crippen molar-refractivity contribution in [3.63, 3.8) is 0 Å². The molecule has 17 heavy (non-hydrogen) atoms. The molecule has 0 aliphatic rings. The minimum absolute atomic E-state index is 0.0946. The zero-order valence-corrected chi connectivity index (χ0v) is 10.5. The molecule has 0 aliphatic carbocycles. The second kappa shape index (κ2) is 4.22. The molecule has 0 heterocycles. The Morgan fingerprint density at radius 1 is 0.824 bits per heavy atom. The van der Waals surface area contributed by atoms with Crippen LogP contribution in [0.1, 0.15) is 0 Å². The van der Waals surface area contributed by atoms with E-state index in [1.807, 2.05) is 51.5 Å². The Morgan fingerprint density at radius 2 is 1.47 bits per heavy atom. The van der Waals surface area contributed by atoms with Gasteiger partial charge < -0.3 is 5.11 Å². The first kappa shape index (κ1) is 11.7. The second-order valence-electron chi connectivity index (χ2n) is 5.06. The van der Waals surface area contributed by atoms with Gasteiger partial charge in [-0.3, -0.25) is 4.48 Å². The fraction of sp³-hybridized carbons (Fsp3) is 0.200. The highest BCUT2D eigenvalue weighted by Gasteiger charge is 2.14. The van der Waals surface area contributed by atoms with Crippen LogP contribution in [0.15, 0.2) is 48.5 Å². The van der Waals surface area contributed by atoms with Gasteiger partial charge in [0.05, 0.1) is 21.1 Å². The summed E-state index contributed by atoms with van der Waals surface area (Å²) in [5.74, 6) is 0.0946. The number of hydrogen-bond acceptors (Lipinski definition) is 1. The molecule has 2 aromatic rings. The number of quaternary nitrogens is 1. The van der Waals surface area contributed by atoms with Crippen molar-refractivity contribution in [3.8, 4) is 16.9 Å². The van der Waals surface area contributed by atoms with E-state index >= 15 is 0 Å². The van der Waals surface area contributed by atoms with Gasteiger partial charge in [-0.25, -0.2) is 0 Å². The summed E-state index contributed by atoms with van der Waals surface area (Å²) in [4.78, 5) is 0. The average molecular weight is 227 g/mol. The largest absolute Gasteiger partial charge is 0.868 e. The third-order valence-corrected chi connectivity index (χ3v) is 2.79. The Morgan fingerprint density at radius 3 is 2.06 bits per heavy atom. The van der Waals surface area contributed by atoms with Gasteiger partial charge in [-0.05, 0) is 16.9 Å². The maximum absolute atomic E-state index is 11.8. The molecule has 2 heteroatoms. The average Bonchev–Trinajstić information content (AvgIpc) is 2.29. The lowest BCUT2D eigenvalue weighted by molar-refractivity contribution is -0.268. The summed E-state index contributed by atoms with van der Waals surface area (Å²) in [6.07, 6.45) is 0. The molecule has 88 valence electrons. The molecule has 0 saturated heterocycles. The summed E-state index contributed by atoms with van der Waals surface area (Å²) >= 11 is 0. The van der Waals surface area contributed by atoms with Crippen LogP contribution in [0.5, 0.6) is 5.75 Å². The van der Waals surface area contributed by atoms with E-state index in [4.69, 9.17) is 0 Å². The Hall–Kier alpha value is -1.80. The van der Waals surface area contributed by atoms with Crippen LogP contribution >= 0.6 is 0 Å². The highest BCUT2D eigenvalue weighted by Crippen LogP contribution is 2.32. The van der Waals surface area contributed by atoms with E-state index in [1.54, 1.807) is 6.07 Å². The van der Waals surface area contributed by atoms with Crippen LogP contribution in [0, 0.1) is 0 Å². The predicted molar refractivity (Wildman–Crippen MR) is 70.9 cm³/mol. The molecular weight excluding hydrogens is 210 g/mol. The molecule has 0 saturated carbocycles. The van der Waals surface area contributed by atoms with E-state index in [1.165, 1.54) is 0 Å². The van der Waals surface area contributed by atoms with E-state index in [2.05, 4.69) is 12.1 Å². The summed E-state index contributed by atoms with van der Waals surface area (Å²) in [7, 11) is 6.02. The normalized spacial score (nSPS) is 11.5. The minimum atomic E-state index is 0.0946. The van der Waals surface area contributed by atoms with E-state index in [0.717, 1.165) is 16.8 Å². The summed E-state index contributed by atoms with van der Waals surface area (Å²) in [5, 5.41) is 11.8. The van der Waals surface area contributed by atoms with Gasteiger partial charge in [0, 0.05) is 6.07 Å². The number of benzene rings is 2. The Labute approximate surface area is 102 Å². The minimum Gasteiger partial charge on any atom is -0.868 e. The Kier molecular flexibility index (Phi) is 2.90. The molecule has 0 fully saturated rings. The van der Waals surface area contributed by atoms with Crippen molar-refractivity contribution in [3.05, 3.63) is 48.5 Å². The molecule has 2 nitrogen and oxygen atoms in total. The summed E-state index contributed by atoms with van der Waals surface area (Å²) in [6, 6.07) is 15.6. The maximum Gasteiger partial charge on any atom is 0.124 e. The van der Waals surface area contributed by atoms with Crippen molar-refractivity contribution in [2.45, 2.75) is 0 Å². The highest BCUT2D eigenvalue weighted by atomic mass is 16.3. The van der Waals surface area contributed by atoms with Crippen LogP contribution in [-0.4, -0.2) is 21.1 Å². The van der Waals surface area contributed by atoms with Crippen molar-refractivity contribution in [2.75, 3.05) is 21.1 Å². The SMILES string of the molecule is C[N+](C)(C)c1cc(-c2ccccc2)ccc1[O-]. The molecule has 0 aromatic heterocycles. The summed E-state index contributed by atoms with van der Waals surface area (Å²) in [6.45, 7) is 0. The molecule has 2 rings (SSSR count). The van der Waals surface area contributed by atoms with Gasteiger partial charge in [-0.2, -0.15) is 0 Å². The smallest absolute Gasteiger partial charge is 0.124 e. The zero-order chi connectivity index (χ0) is 12.5. The van der Waals surface area contributed by atoms with Crippen molar-refractivity contribution < 1.29 is 5.11 Å². The molecule has 0 spiro atoms. The summed E-state index contributed by atoms with van der Waals surface area (Å²) in [5.41, 5.74) is 3.04. The van der Waals surface area contributed by atoms with E-state index < -0.39 is 0 Å². The molecular formula is C15H17NO. The topological polar surface area (TPSA) is 23.1 Å². The molecule has 0 bridgehead atoms. The van der Waals surface area contributed by atoms with Crippen LogP contribution in [0.4, 0.5) is 5.69 Å². The van der Waals surface area contributed by atoms with Crippen LogP contribution in [0.3, 0.4) is 0 Å². The van der Waals surface area contributed by atoms with Gasteiger partial charge >= 0.3 is 0 Å². The fourth-order valence-electron chi connectivity index (χ4n) is 1.85. The molecule has 0 amide bonds. The van der Waals surface area contributed by atoms with Crippen LogP contribution in [0.25, 0.3) is 11.1 Å². The first-order valence-corrected chi connectivity index (χ1v) is 5.67. The molecule has 0 radical (unpaired) electrons. The number of hydrogen-bond donors (Lipinski definition) is 0. The van der Waals surface area contributed by atoms with E-state index in [-0.39, 0.29) is 5.75 Å². The van der Waals surface area contributed by atoms with Crippen LogP contribution in [-0.2, 0) is 0 Å². The van der Waals surface area contributed by atoms with Gasteiger partial charge in [0.25, 0.3) is 0 Å². The molecule has 0 atom stereocenters. The lowest BCUT2D eigenvalue weighted by Crippen LogP contribution is -2.35. The van der Waals surface area contributed by atoms with Crippen molar-refractivity contribution in [1.29, 1.82) is 0 Å². The van der Waals surface area contributed by atoms with Crippen molar-refractivity contribution >= 4 is 5.69 Å². The van der Waals surface area contributed by atoms with Crippen LogP contribution < -0.4 is 9.59 Å². The standard InChI is InChI=1S/C15H17NO/c1-16(2,3)14-11-13(9-10-15(14)17)12-7-5-4-6-8-12/h4-11H,1-3H3. The number of rotatable bonds is 2. The molecule has 0 N–H and O–H groups in total. The van der Waals surface area contributed by atoms with Gasteiger partial charge in [0.1, 0.15) is 5.69 Å². The van der Waals surface area contributed by atoms with Gasteiger partial charge in [0.2, 0.25) is 0 Å². The first-order valence-electron chi connectivity index (χ1n) is 5.67.